The van der Waals surface area contributed by atoms with Crippen LogP contribution in [0.15, 0.2) is 40.1 Å². The smallest absolute Gasteiger partial charge is 0.301 e. The molecule has 19 heavy (non-hydrogen) atoms. The van der Waals surface area contributed by atoms with E-state index in [-0.39, 0.29) is 11.2 Å². The van der Waals surface area contributed by atoms with E-state index in [0.717, 1.165) is 16.7 Å². The van der Waals surface area contributed by atoms with Gasteiger partial charge in [-0.25, -0.2) is 4.79 Å². The van der Waals surface area contributed by atoms with Gasteiger partial charge in [-0.3, -0.25) is 9.36 Å². The maximum Gasteiger partial charge on any atom is 0.331 e. The summed E-state index contributed by atoms with van der Waals surface area (Å²) in [5, 5.41) is 0. The van der Waals surface area contributed by atoms with Crippen LogP contribution in [0, 0.1) is 13.8 Å². The van der Waals surface area contributed by atoms with Crippen LogP contribution >= 0.6 is 0 Å². The molecule has 1 heterocycles. The van der Waals surface area contributed by atoms with Gasteiger partial charge in [0.15, 0.2) is 0 Å². The molecule has 4 heteroatoms. The van der Waals surface area contributed by atoms with Crippen LogP contribution in [-0.2, 0) is 13.1 Å². The molecule has 100 valence electrons. The van der Waals surface area contributed by atoms with Crippen molar-refractivity contribution < 1.29 is 0 Å². The first kappa shape index (κ1) is 13.3. The SMILES string of the molecule is CCn1ccc(=O)n(Cc2cc(C)cc(C)c2)c1=O. The standard InChI is InChI=1S/C15H18N2O2/c1-4-16-6-5-14(18)17(15(16)19)10-13-8-11(2)7-12(3)9-13/h5-9H,4,10H2,1-3H3. The Morgan fingerprint density at radius 2 is 1.68 bits per heavy atom. The predicted molar refractivity (Wildman–Crippen MR) is 75.7 cm³/mol. The Kier molecular flexibility index (Phi) is 3.69. The topological polar surface area (TPSA) is 44.0 Å². The first-order chi connectivity index (χ1) is 9.01. The molecule has 0 fully saturated rings. The molecule has 0 spiro atoms. The molecular formula is C15H18N2O2. The number of nitrogens with zero attached hydrogens (tertiary/aromatic N) is 2. The minimum atomic E-state index is -0.256. The zero-order valence-electron chi connectivity index (χ0n) is 11.5. The van der Waals surface area contributed by atoms with E-state index in [1.807, 2.05) is 32.9 Å². The van der Waals surface area contributed by atoms with Crippen molar-refractivity contribution in [3.8, 4) is 0 Å². The Morgan fingerprint density at radius 3 is 2.26 bits per heavy atom. The fraction of sp³-hybridized carbons (Fsp3) is 0.333. The van der Waals surface area contributed by atoms with Crippen LogP contribution < -0.4 is 11.2 Å². The Balaban J connectivity index is 2.49. The number of aromatic nitrogens is 2. The van der Waals surface area contributed by atoms with Gasteiger partial charge in [-0.15, -0.1) is 0 Å². The second kappa shape index (κ2) is 5.26. The quantitative estimate of drug-likeness (QED) is 0.841. The number of benzene rings is 1. The van der Waals surface area contributed by atoms with Crippen molar-refractivity contribution in [2.45, 2.75) is 33.9 Å². The van der Waals surface area contributed by atoms with E-state index in [1.165, 1.54) is 15.2 Å². The fourth-order valence-electron chi connectivity index (χ4n) is 2.29. The van der Waals surface area contributed by atoms with Crippen LogP contribution in [0.1, 0.15) is 23.6 Å². The summed E-state index contributed by atoms with van der Waals surface area (Å²) in [6.45, 7) is 6.78. The molecular weight excluding hydrogens is 240 g/mol. The van der Waals surface area contributed by atoms with E-state index >= 15 is 0 Å². The maximum absolute atomic E-state index is 12.1. The Labute approximate surface area is 111 Å². The summed E-state index contributed by atoms with van der Waals surface area (Å²) < 4.78 is 2.81. The van der Waals surface area contributed by atoms with Crippen molar-refractivity contribution in [3.63, 3.8) is 0 Å². The van der Waals surface area contributed by atoms with Gasteiger partial charge in [0.2, 0.25) is 0 Å². The van der Waals surface area contributed by atoms with Gasteiger partial charge in [-0.05, 0) is 26.3 Å². The Morgan fingerprint density at radius 1 is 1.05 bits per heavy atom. The normalized spacial score (nSPS) is 10.7. The van der Waals surface area contributed by atoms with Gasteiger partial charge in [0.25, 0.3) is 5.56 Å². The molecule has 0 saturated carbocycles. The highest BCUT2D eigenvalue weighted by molar-refractivity contribution is 5.28. The van der Waals surface area contributed by atoms with E-state index in [9.17, 15) is 9.59 Å². The van der Waals surface area contributed by atoms with Crippen LogP contribution in [-0.4, -0.2) is 9.13 Å². The van der Waals surface area contributed by atoms with Crippen molar-refractivity contribution in [2.75, 3.05) is 0 Å². The second-order valence-corrected chi connectivity index (χ2v) is 4.80. The van der Waals surface area contributed by atoms with Crippen LogP contribution in [0.25, 0.3) is 0 Å². The second-order valence-electron chi connectivity index (χ2n) is 4.80. The van der Waals surface area contributed by atoms with Crippen molar-refractivity contribution in [1.82, 2.24) is 9.13 Å². The molecule has 2 rings (SSSR count). The molecule has 1 aromatic heterocycles. The van der Waals surface area contributed by atoms with E-state index in [4.69, 9.17) is 0 Å². The highest BCUT2D eigenvalue weighted by Crippen LogP contribution is 2.09. The van der Waals surface area contributed by atoms with Gasteiger partial charge in [-0.1, -0.05) is 29.3 Å². The molecule has 0 N–H and O–H groups in total. The molecule has 2 aromatic rings. The maximum atomic E-state index is 12.1. The molecule has 1 aromatic carbocycles. The first-order valence-corrected chi connectivity index (χ1v) is 6.38. The summed E-state index contributed by atoms with van der Waals surface area (Å²) in [6, 6.07) is 7.51. The third kappa shape index (κ3) is 2.84. The lowest BCUT2D eigenvalue weighted by Crippen LogP contribution is -2.39. The highest BCUT2D eigenvalue weighted by Gasteiger charge is 2.05. The number of hydrogen-bond acceptors (Lipinski definition) is 2. The lowest BCUT2D eigenvalue weighted by molar-refractivity contribution is 0.599. The summed E-state index contributed by atoms with van der Waals surface area (Å²) in [7, 11) is 0. The molecule has 0 amide bonds. The summed E-state index contributed by atoms with van der Waals surface area (Å²) >= 11 is 0. The summed E-state index contributed by atoms with van der Waals surface area (Å²) in [4.78, 5) is 24.0. The highest BCUT2D eigenvalue weighted by atomic mass is 16.2. The summed E-state index contributed by atoms with van der Waals surface area (Å²) in [5.74, 6) is 0. The molecule has 4 nitrogen and oxygen atoms in total. The predicted octanol–water partition coefficient (Wildman–Crippen LogP) is 1.70. The lowest BCUT2D eigenvalue weighted by Gasteiger charge is -2.09. The zero-order valence-corrected chi connectivity index (χ0v) is 11.5. The molecule has 0 bridgehead atoms. The van der Waals surface area contributed by atoms with Crippen LogP contribution in [0.5, 0.6) is 0 Å². The third-order valence-corrected chi connectivity index (χ3v) is 3.10. The van der Waals surface area contributed by atoms with Crippen LogP contribution in [0.3, 0.4) is 0 Å². The van der Waals surface area contributed by atoms with Crippen molar-refractivity contribution in [2.24, 2.45) is 0 Å². The summed E-state index contributed by atoms with van der Waals surface area (Å²) in [6.07, 6.45) is 1.54. The molecule has 0 radical (unpaired) electrons. The molecule has 0 aliphatic carbocycles. The van der Waals surface area contributed by atoms with E-state index in [1.54, 1.807) is 6.20 Å². The van der Waals surface area contributed by atoms with Gasteiger partial charge in [0, 0.05) is 18.8 Å². The molecule has 0 saturated heterocycles. The van der Waals surface area contributed by atoms with Crippen LogP contribution in [0.2, 0.25) is 0 Å². The average molecular weight is 258 g/mol. The van der Waals surface area contributed by atoms with Gasteiger partial charge in [0.1, 0.15) is 0 Å². The Bertz CT molecular complexity index is 691. The number of aryl methyl sites for hydroxylation is 3. The van der Waals surface area contributed by atoms with E-state index in [0.29, 0.717) is 13.1 Å². The molecule has 0 aliphatic rings. The van der Waals surface area contributed by atoms with E-state index < -0.39 is 0 Å². The number of hydrogen-bond donors (Lipinski definition) is 0. The van der Waals surface area contributed by atoms with Gasteiger partial charge >= 0.3 is 5.69 Å². The number of rotatable bonds is 3. The minimum absolute atomic E-state index is 0.255. The van der Waals surface area contributed by atoms with Gasteiger partial charge in [-0.2, -0.15) is 0 Å². The minimum Gasteiger partial charge on any atom is -0.301 e. The largest absolute Gasteiger partial charge is 0.331 e. The molecule has 0 aliphatic heterocycles. The first-order valence-electron chi connectivity index (χ1n) is 6.38. The van der Waals surface area contributed by atoms with Crippen molar-refractivity contribution >= 4 is 0 Å². The average Bonchev–Trinajstić information content (AvgIpc) is 2.33. The molecule has 0 unspecified atom stereocenters. The van der Waals surface area contributed by atoms with Crippen LogP contribution in [0.4, 0.5) is 0 Å². The lowest BCUT2D eigenvalue weighted by atomic mass is 10.1. The fourth-order valence-corrected chi connectivity index (χ4v) is 2.29. The van der Waals surface area contributed by atoms with Crippen molar-refractivity contribution in [1.29, 1.82) is 0 Å². The van der Waals surface area contributed by atoms with Gasteiger partial charge in [0.05, 0.1) is 6.54 Å². The monoisotopic (exact) mass is 258 g/mol. The zero-order chi connectivity index (χ0) is 14.0. The molecule has 0 atom stereocenters. The third-order valence-electron chi connectivity index (χ3n) is 3.10. The van der Waals surface area contributed by atoms with Gasteiger partial charge < -0.3 is 4.57 Å². The Hall–Kier alpha value is -2.10. The van der Waals surface area contributed by atoms with E-state index in [2.05, 4.69) is 6.07 Å². The summed E-state index contributed by atoms with van der Waals surface area (Å²) in [5.41, 5.74) is 2.73. The van der Waals surface area contributed by atoms with Crippen molar-refractivity contribution in [3.05, 3.63) is 68.0 Å².